The number of likely N-dealkylation sites (tertiary alicyclic amines) is 1. The summed E-state index contributed by atoms with van der Waals surface area (Å²) in [5.74, 6) is -1.81. The van der Waals surface area contributed by atoms with Gasteiger partial charge in [-0.15, -0.1) is 0 Å². The number of nitrogens with one attached hydrogen (secondary N) is 1. The number of carbonyl (C=O) groups is 1. The average molecular weight is 222 g/mol. The maximum Gasteiger partial charge on any atom is 0.471 e. The van der Waals surface area contributed by atoms with Crippen LogP contribution in [0.3, 0.4) is 0 Å². The van der Waals surface area contributed by atoms with Crippen LogP contribution in [-0.2, 0) is 4.79 Å². The van der Waals surface area contributed by atoms with Gasteiger partial charge in [-0.05, 0) is 26.4 Å². The molecule has 2 fully saturated rings. The Balaban J connectivity index is 1.88. The predicted octanol–water partition coefficient (Wildman–Crippen LogP) is 0.759. The summed E-state index contributed by atoms with van der Waals surface area (Å²) in [4.78, 5) is 12.8. The zero-order chi connectivity index (χ0) is 11.3. The lowest BCUT2D eigenvalue weighted by atomic mass is 10.1. The Hall–Kier alpha value is -0.780. The molecule has 0 aromatic carbocycles. The van der Waals surface area contributed by atoms with Crippen molar-refractivity contribution in [3.63, 3.8) is 0 Å². The van der Waals surface area contributed by atoms with Crippen molar-refractivity contribution in [1.29, 1.82) is 0 Å². The summed E-state index contributed by atoms with van der Waals surface area (Å²) in [5, 5.41) is 2.06. The first-order chi connectivity index (χ1) is 6.83. The number of amides is 1. The molecule has 0 radical (unpaired) electrons. The van der Waals surface area contributed by atoms with Gasteiger partial charge in [0.2, 0.25) is 0 Å². The van der Waals surface area contributed by atoms with Crippen molar-refractivity contribution in [2.75, 3.05) is 20.1 Å². The van der Waals surface area contributed by atoms with Crippen LogP contribution in [0.4, 0.5) is 13.2 Å². The van der Waals surface area contributed by atoms with E-state index in [2.05, 4.69) is 10.2 Å². The molecule has 1 spiro atoms. The highest BCUT2D eigenvalue weighted by molar-refractivity contribution is 5.82. The van der Waals surface area contributed by atoms with Crippen LogP contribution in [-0.4, -0.2) is 43.2 Å². The van der Waals surface area contributed by atoms with Gasteiger partial charge in [-0.25, -0.2) is 0 Å². The molecule has 1 aliphatic heterocycles. The zero-order valence-electron chi connectivity index (χ0n) is 8.40. The van der Waals surface area contributed by atoms with Gasteiger partial charge in [0.1, 0.15) is 0 Å². The fraction of sp³-hybridized carbons (Fsp3) is 0.889. The van der Waals surface area contributed by atoms with E-state index in [1.54, 1.807) is 0 Å². The molecule has 2 atom stereocenters. The van der Waals surface area contributed by atoms with Crippen LogP contribution in [0, 0.1) is 5.41 Å². The van der Waals surface area contributed by atoms with Gasteiger partial charge in [-0.2, -0.15) is 13.2 Å². The van der Waals surface area contributed by atoms with Crippen molar-refractivity contribution in [3.05, 3.63) is 0 Å². The minimum atomic E-state index is -4.76. The Morgan fingerprint density at radius 3 is 2.67 bits per heavy atom. The summed E-state index contributed by atoms with van der Waals surface area (Å²) in [7, 11) is 1.94. The van der Waals surface area contributed by atoms with Gasteiger partial charge in [-0.3, -0.25) is 4.79 Å². The lowest BCUT2D eigenvalue weighted by Crippen LogP contribution is -2.40. The second-order valence-electron chi connectivity index (χ2n) is 4.58. The molecule has 86 valence electrons. The Labute approximate surface area is 85.6 Å². The molecule has 1 heterocycles. The molecule has 0 aromatic heterocycles. The van der Waals surface area contributed by atoms with Gasteiger partial charge in [0.25, 0.3) is 0 Å². The normalized spacial score (nSPS) is 35.9. The Morgan fingerprint density at radius 1 is 1.53 bits per heavy atom. The van der Waals surface area contributed by atoms with E-state index in [0.717, 1.165) is 19.5 Å². The minimum absolute atomic E-state index is 0.0737. The van der Waals surface area contributed by atoms with Gasteiger partial charge >= 0.3 is 12.1 Å². The number of halogens is 3. The van der Waals surface area contributed by atoms with E-state index in [0.29, 0.717) is 6.42 Å². The Bertz CT molecular complexity index is 292. The van der Waals surface area contributed by atoms with Gasteiger partial charge in [0, 0.05) is 18.0 Å². The number of rotatable bonds is 1. The minimum Gasteiger partial charge on any atom is -0.345 e. The topological polar surface area (TPSA) is 32.3 Å². The summed E-state index contributed by atoms with van der Waals surface area (Å²) in [5.41, 5.74) is -0.0737. The predicted molar refractivity (Wildman–Crippen MR) is 47.1 cm³/mol. The fourth-order valence-electron chi connectivity index (χ4n) is 2.35. The molecule has 15 heavy (non-hydrogen) atoms. The number of nitrogens with zero attached hydrogens (tertiary/aromatic N) is 1. The standard InChI is InChI=1S/C9H13F3N2O/c1-14-3-2-8(5-14)4-6(8)13-7(15)9(10,11)12/h6H,2-5H2,1H3,(H,13,15)/t6?,8-/m1/s1. The second kappa shape index (κ2) is 3.10. The molecule has 2 rings (SSSR count). The van der Waals surface area contributed by atoms with Crippen LogP contribution in [0.15, 0.2) is 0 Å². The molecule has 1 aliphatic carbocycles. The Kier molecular flexibility index (Phi) is 2.22. The largest absolute Gasteiger partial charge is 0.471 e. The zero-order valence-corrected chi connectivity index (χ0v) is 8.40. The third kappa shape index (κ3) is 1.95. The van der Waals surface area contributed by atoms with Crippen molar-refractivity contribution in [3.8, 4) is 0 Å². The van der Waals surface area contributed by atoms with Gasteiger partial charge in [0.05, 0.1) is 0 Å². The van der Waals surface area contributed by atoms with E-state index < -0.39 is 12.1 Å². The second-order valence-corrected chi connectivity index (χ2v) is 4.58. The monoisotopic (exact) mass is 222 g/mol. The maximum atomic E-state index is 12.0. The van der Waals surface area contributed by atoms with Crippen molar-refractivity contribution in [2.45, 2.75) is 25.1 Å². The molecule has 6 heteroatoms. The third-order valence-electron chi connectivity index (χ3n) is 3.33. The fourth-order valence-corrected chi connectivity index (χ4v) is 2.35. The third-order valence-corrected chi connectivity index (χ3v) is 3.33. The number of alkyl halides is 3. The quantitative estimate of drug-likeness (QED) is 0.710. The summed E-state index contributed by atoms with van der Waals surface area (Å²) < 4.78 is 35.9. The lowest BCUT2D eigenvalue weighted by Gasteiger charge is -2.12. The molecular formula is C9H13F3N2O. The number of hydrogen-bond acceptors (Lipinski definition) is 2. The molecule has 1 amide bonds. The van der Waals surface area contributed by atoms with E-state index >= 15 is 0 Å². The van der Waals surface area contributed by atoms with Gasteiger partial charge in [-0.1, -0.05) is 0 Å². The van der Waals surface area contributed by atoms with Crippen molar-refractivity contribution >= 4 is 5.91 Å². The molecular weight excluding hydrogens is 209 g/mol. The van der Waals surface area contributed by atoms with Crippen LogP contribution < -0.4 is 5.32 Å². The molecule has 3 nitrogen and oxygen atoms in total. The lowest BCUT2D eigenvalue weighted by molar-refractivity contribution is -0.173. The van der Waals surface area contributed by atoms with Crippen LogP contribution in [0.2, 0.25) is 0 Å². The first-order valence-electron chi connectivity index (χ1n) is 4.90. The van der Waals surface area contributed by atoms with Crippen molar-refractivity contribution in [2.24, 2.45) is 5.41 Å². The van der Waals surface area contributed by atoms with E-state index in [9.17, 15) is 18.0 Å². The first kappa shape index (κ1) is 10.7. The smallest absolute Gasteiger partial charge is 0.345 e. The van der Waals surface area contributed by atoms with Crippen LogP contribution >= 0.6 is 0 Å². The highest BCUT2D eigenvalue weighted by Gasteiger charge is 2.58. The van der Waals surface area contributed by atoms with Gasteiger partial charge in [0.15, 0.2) is 0 Å². The summed E-state index contributed by atoms with van der Waals surface area (Å²) in [6.45, 7) is 1.69. The number of hydrogen-bond donors (Lipinski definition) is 1. The Morgan fingerprint density at radius 2 is 2.20 bits per heavy atom. The van der Waals surface area contributed by atoms with Crippen molar-refractivity contribution in [1.82, 2.24) is 10.2 Å². The summed E-state index contributed by atoms with van der Waals surface area (Å²) in [6, 6.07) is -0.281. The summed E-state index contributed by atoms with van der Waals surface area (Å²) >= 11 is 0. The van der Waals surface area contributed by atoms with Crippen LogP contribution in [0.1, 0.15) is 12.8 Å². The highest BCUT2D eigenvalue weighted by atomic mass is 19.4. The van der Waals surface area contributed by atoms with Crippen molar-refractivity contribution < 1.29 is 18.0 Å². The highest BCUT2D eigenvalue weighted by Crippen LogP contribution is 2.52. The molecule has 1 unspecified atom stereocenters. The molecule has 2 aliphatic rings. The van der Waals surface area contributed by atoms with Gasteiger partial charge < -0.3 is 10.2 Å². The average Bonchev–Trinajstić information content (AvgIpc) is 2.58. The number of carbonyl (C=O) groups excluding carboxylic acids is 1. The molecule has 1 saturated heterocycles. The van der Waals surface area contributed by atoms with E-state index in [1.807, 2.05) is 7.05 Å². The van der Waals surface area contributed by atoms with E-state index in [-0.39, 0.29) is 11.5 Å². The summed E-state index contributed by atoms with van der Waals surface area (Å²) in [6.07, 6.45) is -3.19. The van der Waals surface area contributed by atoms with E-state index in [4.69, 9.17) is 0 Å². The molecule has 0 aromatic rings. The van der Waals surface area contributed by atoms with Crippen LogP contribution in [0.5, 0.6) is 0 Å². The SMILES string of the molecule is CN1CC[C@@]2(CC2NC(=O)C(F)(F)F)C1. The van der Waals surface area contributed by atoms with Crippen LogP contribution in [0.25, 0.3) is 0 Å². The maximum absolute atomic E-state index is 12.0. The van der Waals surface area contributed by atoms with E-state index in [1.165, 1.54) is 0 Å². The molecule has 1 saturated carbocycles. The molecule has 1 N–H and O–H groups in total. The first-order valence-corrected chi connectivity index (χ1v) is 4.90. The molecule has 0 bridgehead atoms.